The first kappa shape index (κ1) is 17.4. The number of carbonyl (C=O) groups excluding carboxylic acids is 1. The van der Waals surface area contributed by atoms with Gasteiger partial charge in [0.25, 0.3) is 5.91 Å². The maximum absolute atomic E-state index is 12.4. The standard InChI is InChI=1S/C20H22N2O2S/c1-12-6-9-17-19(14(12)3)22(4)20(25-17)21-18(23)11-15-7-8-16(24-5)13(2)10-15/h6-10H,11H2,1-5H3. The molecule has 0 unspecified atom stereocenters. The molecule has 0 saturated heterocycles. The van der Waals surface area contributed by atoms with Gasteiger partial charge < -0.3 is 9.30 Å². The van der Waals surface area contributed by atoms with Gasteiger partial charge in [-0.3, -0.25) is 4.79 Å². The summed E-state index contributed by atoms with van der Waals surface area (Å²) in [6.07, 6.45) is 0.289. The van der Waals surface area contributed by atoms with E-state index in [0.29, 0.717) is 0 Å². The highest BCUT2D eigenvalue weighted by Crippen LogP contribution is 2.23. The quantitative estimate of drug-likeness (QED) is 0.717. The van der Waals surface area contributed by atoms with Crippen molar-refractivity contribution < 1.29 is 9.53 Å². The van der Waals surface area contributed by atoms with E-state index in [-0.39, 0.29) is 12.3 Å². The lowest BCUT2D eigenvalue weighted by Crippen LogP contribution is -2.14. The van der Waals surface area contributed by atoms with Gasteiger partial charge >= 0.3 is 0 Å². The Labute approximate surface area is 151 Å². The topological polar surface area (TPSA) is 43.6 Å². The second-order valence-corrected chi connectivity index (χ2v) is 7.29. The van der Waals surface area contributed by atoms with E-state index in [9.17, 15) is 4.79 Å². The first-order valence-electron chi connectivity index (χ1n) is 8.17. The van der Waals surface area contributed by atoms with Crippen LogP contribution in [0.4, 0.5) is 0 Å². The average Bonchev–Trinajstić information content (AvgIpc) is 2.88. The monoisotopic (exact) mass is 354 g/mol. The van der Waals surface area contributed by atoms with Gasteiger partial charge in [-0.25, -0.2) is 0 Å². The normalized spacial score (nSPS) is 12.0. The molecule has 0 spiro atoms. The number of aromatic nitrogens is 1. The van der Waals surface area contributed by atoms with Crippen LogP contribution in [-0.4, -0.2) is 17.6 Å². The van der Waals surface area contributed by atoms with Gasteiger partial charge in [-0.2, -0.15) is 4.99 Å². The molecule has 130 valence electrons. The summed E-state index contributed by atoms with van der Waals surface area (Å²) in [5.41, 5.74) is 5.59. The third-order valence-electron chi connectivity index (χ3n) is 4.52. The Balaban J connectivity index is 1.94. The molecular formula is C20H22N2O2S. The highest BCUT2D eigenvalue weighted by Gasteiger charge is 2.10. The molecule has 4 nitrogen and oxygen atoms in total. The maximum atomic E-state index is 12.4. The second kappa shape index (κ2) is 6.84. The van der Waals surface area contributed by atoms with Crippen LogP contribution in [0.5, 0.6) is 5.75 Å². The Bertz CT molecular complexity index is 1030. The number of benzene rings is 2. The molecule has 0 saturated carbocycles. The Morgan fingerprint density at radius 3 is 2.60 bits per heavy atom. The van der Waals surface area contributed by atoms with Gasteiger partial charge in [0.1, 0.15) is 5.75 Å². The van der Waals surface area contributed by atoms with Crippen molar-refractivity contribution in [3.63, 3.8) is 0 Å². The van der Waals surface area contributed by atoms with Gasteiger partial charge in [0, 0.05) is 7.05 Å². The van der Waals surface area contributed by atoms with Crippen LogP contribution in [-0.2, 0) is 18.3 Å². The molecule has 3 aromatic rings. The van der Waals surface area contributed by atoms with Crippen LogP contribution in [0, 0.1) is 20.8 Å². The molecule has 1 heterocycles. The third kappa shape index (κ3) is 3.37. The summed E-state index contributed by atoms with van der Waals surface area (Å²) in [6, 6.07) is 9.99. The molecule has 0 aliphatic carbocycles. The lowest BCUT2D eigenvalue weighted by atomic mass is 10.1. The van der Waals surface area contributed by atoms with Crippen molar-refractivity contribution in [1.29, 1.82) is 0 Å². The fraction of sp³-hybridized carbons (Fsp3) is 0.300. The zero-order chi connectivity index (χ0) is 18.1. The minimum atomic E-state index is -0.138. The lowest BCUT2D eigenvalue weighted by Gasteiger charge is -2.06. The van der Waals surface area contributed by atoms with E-state index < -0.39 is 0 Å². The Hall–Kier alpha value is -2.40. The van der Waals surface area contributed by atoms with Gasteiger partial charge in [-0.15, -0.1) is 0 Å². The van der Waals surface area contributed by atoms with Crippen molar-refractivity contribution in [2.45, 2.75) is 27.2 Å². The Morgan fingerprint density at radius 2 is 1.92 bits per heavy atom. The predicted octanol–water partition coefficient (Wildman–Crippen LogP) is 3.84. The minimum Gasteiger partial charge on any atom is -0.496 e. The van der Waals surface area contributed by atoms with Crippen LogP contribution in [0.2, 0.25) is 0 Å². The van der Waals surface area contributed by atoms with Crippen LogP contribution in [0.3, 0.4) is 0 Å². The highest BCUT2D eigenvalue weighted by molar-refractivity contribution is 7.16. The van der Waals surface area contributed by atoms with Crippen molar-refractivity contribution in [3.05, 3.63) is 57.4 Å². The number of rotatable bonds is 3. The Morgan fingerprint density at radius 1 is 1.16 bits per heavy atom. The number of hydrogen-bond donors (Lipinski definition) is 0. The smallest absolute Gasteiger partial charge is 0.252 e. The van der Waals surface area contributed by atoms with E-state index in [1.54, 1.807) is 18.4 Å². The van der Waals surface area contributed by atoms with Gasteiger partial charge in [0.15, 0.2) is 4.80 Å². The Kier molecular flexibility index (Phi) is 4.77. The summed E-state index contributed by atoms with van der Waals surface area (Å²) in [4.78, 5) is 17.5. The number of carbonyl (C=O) groups is 1. The van der Waals surface area contributed by atoms with Crippen molar-refractivity contribution in [1.82, 2.24) is 4.57 Å². The van der Waals surface area contributed by atoms with Crippen molar-refractivity contribution >= 4 is 27.5 Å². The highest BCUT2D eigenvalue weighted by atomic mass is 32.1. The van der Waals surface area contributed by atoms with E-state index in [0.717, 1.165) is 31.9 Å². The molecule has 0 aliphatic heterocycles. The van der Waals surface area contributed by atoms with Gasteiger partial charge in [0.2, 0.25) is 0 Å². The number of methoxy groups -OCH3 is 1. The number of hydrogen-bond acceptors (Lipinski definition) is 3. The van der Waals surface area contributed by atoms with Crippen molar-refractivity contribution in [2.24, 2.45) is 12.0 Å². The average molecular weight is 354 g/mol. The summed E-state index contributed by atoms with van der Waals surface area (Å²) < 4.78 is 8.42. The van der Waals surface area contributed by atoms with E-state index in [2.05, 4.69) is 31.0 Å². The predicted molar refractivity (Wildman–Crippen MR) is 102 cm³/mol. The minimum absolute atomic E-state index is 0.138. The SMILES string of the molecule is COc1ccc(CC(=O)N=c2sc3ccc(C)c(C)c3n2C)cc1C. The molecule has 5 heteroatoms. The van der Waals surface area contributed by atoms with Gasteiger partial charge in [-0.05, 0) is 55.2 Å². The lowest BCUT2D eigenvalue weighted by molar-refractivity contribution is -0.117. The van der Waals surface area contributed by atoms with E-state index in [4.69, 9.17) is 4.74 Å². The molecule has 1 aromatic heterocycles. The molecule has 1 amide bonds. The zero-order valence-corrected chi connectivity index (χ0v) is 16.0. The van der Waals surface area contributed by atoms with Crippen LogP contribution in [0.15, 0.2) is 35.3 Å². The molecule has 0 atom stereocenters. The summed E-state index contributed by atoms with van der Waals surface area (Å²) in [7, 11) is 3.61. The van der Waals surface area contributed by atoms with Crippen LogP contribution in [0.1, 0.15) is 22.3 Å². The van der Waals surface area contributed by atoms with E-state index >= 15 is 0 Å². The van der Waals surface area contributed by atoms with Crippen LogP contribution in [0.25, 0.3) is 10.2 Å². The molecule has 3 rings (SSSR count). The number of thiazole rings is 1. The summed E-state index contributed by atoms with van der Waals surface area (Å²) in [5, 5.41) is 0. The fourth-order valence-electron chi connectivity index (χ4n) is 3.01. The molecule has 0 radical (unpaired) electrons. The molecule has 0 bridgehead atoms. The zero-order valence-electron chi connectivity index (χ0n) is 15.2. The second-order valence-electron chi connectivity index (χ2n) is 6.28. The van der Waals surface area contributed by atoms with Crippen molar-refractivity contribution in [3.8, 4) is 5.75 Å². The summed E-state index contributed by atoms with van der Waals surface area (Å²) in [6.45, 7) is 6.18. The van der Waals surface area contributed by atoms with E-state index in [1.165, 1.54) is 11.1 Å². The first-order chi connectivity index (χ1) is 11.9. The molecule has 0 aliphatic rings. The number of nitrogens with zero attached hydrogens (tertiary/aromatic N) is 2. The van der Waals surface area contributed by atoms with Gasteiger partial charge in [-0.1, -0.05) is 29.5 Å². The number of ether oxygens (including phenoxy) is 1. The molecule has 0 N–H and O–H groups in total. The van der Waals surface area contributed by atoms with Crippen LogP contribution < -0.4 is 9.54 Å². The molecule has 2 aromatic carbocycles. The van der Waals surface area contributed by atoms with Gasteiger partial charge in [0.05, 0.1) is 23.7 Å². The molecule has 25 heavy (non-hydrogen) atoms. The summed E-state index contributed by atoms with van der Waals surface area (Å²) in [5.74, 6) is 0.691. The largest absolute Gasteiger partial charge is 0.496 e. The van der Waals surface area contributed by atoms with E-state index in [1.807, 2.05) is 36.7 Å². The number of aryl methyl sites for hydroxylation is 4. The van der Waals surface area contributed by atoms with Crippen LogP contribution >= 0.6 is 11.3 Å². The van der Waals surface area contributed by atoms with Crippen molar-refractivity contribution in [2.75, 3.05) is 7.11 Å². The third-order valence-corrected chi connectivity index (χ3v) is 5.62. The summed E-state index contributed by atoms with van der Waals surface area (Å²) >= 11 is 1.55. The maximum Gasteiger partial charge on any atom is 0.252 e. The first-order valence-corrected chi connectivity index (χ1v) is 8.99. The number of amides is 1. The fourth-order valence-corrected chi connectivity index (χ4v) is 4.10. The molecular weight excluding hydrogens is 332 g/mol. The number of fused-ring (bicyclic) bond motifs is 1. The molecule has 0 fully saturated rings.